The molecule has 0 aromatic carbocycles. The van der Waals surface area contributed by atoms with E-state index < -0.39 is 0 Å². The molecule has 0 N–H and O–H groups in total. The van der Waals surface area contributed by atoms with Crippen LogP contribution < -0.4 is 0 Å². The maximum absolute atomic E-state index is 4.74. The highest BCUT2D eigenvalue weighted by atomic mass is 32.1. The van der Waals surface area contributed by atoms with Crippen molar-refractivity contribution in [3.63, 3.8) is 0 Å². The molecule has 25 heavy (non-hydrogen) atoms. The van der Waals surface area contributed by atoms with Gasteiger partial charge in [-0.05, 0) is 38.5 Å². The molecule has 2 atom stereocenters. The Morgan fingerprint density at radius 2 is 2.00 bits per heavy atom. The maximum atomic E-state index is 4.74. The Bertz CT molecular complexity index is 1090. The van der Waals surface area contributed by atoms with Crippen molar-refractivity contribution in [1.29, 1.82) is 0 Å². The number of hydrogen-bond donors (Lipinski definition) is 0. The fourth-order valence-corrected chi connectivity index (χ4v) is 4.29. The molecule has 0 aliphatic heterocycles. The molecule has 0 radical (unpaired) electrons. The Morgan fingerprint density at radius 3 is 2.80 bits per heavy atom. The molecule has 126 valence electrons. The van der Waals surface area contributed by atoms with Crippen LogP contribution in [0.1, 0.15) is 39.7 Å². The minimum absolute atomic E-state index is 0.486. The summed E-state index contributed by atoms with van der Waals surface area (Å²) in [5.41, 5.74) is 3.78. The first kappa shape index (κ1) is 14.7. The van der Waals surface area contributed by atoms with Crippen molar-refractivity contribution >= 4 is 17.0 Å². The van der Waals surface area contributed by atoms with Crippen molar-refractivity contribution in [2.75, 3.05) is 0 Å². The van der Waals surface area contributed by atoms with Gasteiger partial charge < -0.3 is 0 Å². The second-order valence-corrected chi connectivity index (χ2v) is 7.81. The Kier molecular flexibility index (Phi) is 3.05. The third kappa shape index (κ3) is 2.36. The molecule has 4 heterocycles. The first-order valence-electron chi connectivity index (χ1n) is 8.26. The van der Waals surface area contributed by atoms with E-state index in [1.165, 1.54) is 4.88 Å². The molecule has 0 amide bonds. The molecule has 1 fully saturated rings. The van der Waals surface area contributed by atoms with Crippen molar-refractivity contribution in [1.82, 2.24) is 34.6 Å². The highest BCUT2D eigenvalue weighted by molar-refractivity contribution is 7.11. The lowest BCUT2D eigenvalue weighted by atomic mass is 10.2. The predicted molar refractivity (Wildman–Crippen MR) is 94.7 cm³/mol. The van der Waals surface area contributed by atoms with Crippen LogP contribution in [-0.2, 0) is 7.05 Å². The van der Waals surface area contributed by atoms with E-state index in [1.807, 2.05) is 37.0 Å². The first-order valence-corrected chi connectivity index (χ1v) is 9.07. The lowest BCUT2D eigenvalue weighted by Gasteiger charge is -2.01. The average molecular weight is 351 g/mol. The predicted octanol–water partition coefficient (Wildman–Crippen LogP) is 2.87. The van der Waals surface area contributed by atoms with Gasteiger partial charge in [0.2, 0.25) is 0 Å². The number of aromatic nitrogens is 7. The van der Waals surface area contributed by atoms with E-state index in [0.29, 0.717) is 11.8 Å². The molecule has 5 rings (SSSR count). The van der Waals surface area contributed by atoms with Gasteiger partial charge in [0.25, 0.3) is 0 Å². The largest absolute Gasteiger partial charge is 0.266 e. The molecule has 4 aromatic rings. The minimum atomic E-state index is 0.486. The highest BCUT2D eigenvalue weighted by Gasteiger charge is 2.42. The minimum Gasteiger partial charge on any atom is -0.266 e. The molecule has 8 heteroatoms. The van der Waals surface area contributed by atoms with E-state index in [2.05, 4.69) is 33.3 Å². The van der Waals surface area contributed by atoms with Crippen molar-refractivity contribution in [3.05, 3.63) is 45.8 Å². The van der Waals surface area contributed by atoms with Crippen LogP contribution in [0.25, 0.3) is 17.0 Å². The molecular weight excluding hydrogens is 334 g/mol. The maximum Gasteiger partial charge on any atom is 0.177 e. The van der Waals surface area contributed by atoms with Gasteiger partial charge in [-0.2, -0.15) is 14.7 Å². The van der Waals surface area contributed by atoms with E-state index in [0.717, 1.165) is 40.0 Å². The second-order valence-electron chi connectivity index (χ2n) is 6.54. The van der Waals surface area contributed by atoms with E-state index in [-0.39, 0.29) is 0 Å². The number of fused-ring (bicyclic) bond motifs is 1. The zero-order chi connectivity index (χ0) is 17.1. The van der Waals surface area contributed by atoms with Crippen molar-refractivity contribution in [2.24, 2.45) is 7.05 Å². The molecule has 4 aromatic heterocycles. The van der Waals surface area contributed by atoms with Gasteiger partial charge in [-0.1, -0.05) is 0 Å². The van der Waals surface area contributed by atoms with Crippen LogP contribution in [0.5, 0.6) is 0 Å². The molecule has 0 bridgehead atoms. The van der Waals surface area contributed by atoms with Gasteiger partial charge in [0.1, 0.15) is 5.69 Å². The van der Waals surface area contributed by atoms with Gasteiger partial charge >= 0.3 is 0 Å². The van der Waals surface area contributed by atoms with Crippen LogP contribution in [0.4, 0.5) is 0 Å². The third-order valence-corrected chi connectivity index (χ3v) is 5.80. The van der Waals surface area contributed by atoms with Crippen LogP contribution in [0.15, 0.2) is 24.4 Å². The van der Waals surface area contributed by atoms with Gasteiger partial charge in [0.15, 0.2) is 11.5 Å². The summed E-state index contributed by atoms with van der Waals surface area (Å²) >= 11 is 1.79. The molecular formula is C17H17N7S. The average Bonchev–Trinajstić information content (AvgIpc) is 2.91. The number of hydrogen-bond acceptors (Lipinski definition) is 6. The van der Waals surface area contributed by atoms with E-state index in [1.54, 1.807) is 15.9 Å². The Labute approximate surface area is 148 Å². The van der Waals surface area contributed by atoms with E-state index >= 15 is 0 Å². The third-order valence-electron chi connectivity index (χ3n) is 4.75. The summed E-state index contributed by atoms with van der Waals surface area (Å²) in [4.78, 5) is 5.75. The summed E-state index contributed by atoms with van der Waals surface area (Å²) in [5.74, 6) is 1.83. The monoisotopic (exact) mass is 351 g/mol. The smallest absolute Gasteiger partial charge is 0.177 e. The number of nitrogens with zero attached hydrogens (tertiary/aromatic N) is 7. The quantitative estimate of drug-likeness (QED) is 0.567. The van der Waals surface area contributed by atoms with Gasteiger partial charge in [-0.25, -0.2) is 4.98 Å². The van der Waals surface area contributed by atoms with Gasteiger partial charge in [-0.15, -0.1) is 21.5 Å². The van der Waals surface area contributed by atoms with E-state index in [4.69, 9.17) is 5.10 Å². The summed E-state index contributed by atoms with van der Waals surface area (Å²) in [6.45, 7) is 3.95. The SMILES string of the molecule is Cc1ncc(C2CC2c2cc(-c3ccc4nnc(C)n4n3)n(C)n2)s1. The first-order chi connectivity index (χ1) is 12.1. The Hall–Kier alpha value is -2.61. The molecule has 2 unspecified atom stereocenters. The number of thiazole rings is 1. The van der Waals surface area contributed by atoms with Gasteiger partial charge in [-0.3, -0.25) is 4.68 Å². The zero-order valence-corrected chi connectivity index (χ0v) is 15.0. The normalized spacial score (nSPS) is 19.6. The standard InChI is InChI=1S/C17H17N7S/c1-9-19-20-17-5-4-13(22-24(9)17)15-7-14(21-23(15)3)11-6-12(11)16-8-18-10(2)25-16/h4-5,7-8,11-12H,6H2,1-3H3. The molecule has 1 aliphatic carbocycles. The topological polar surface area (TPSA) is 73.8 Å². The number of rotatable bonds is 3. The summed E-state index contributed by atoms with van der Waals surface area (Å²) in [7, 11) is 1.97. The van der Waals surface area contributed by atoms with Crippen LogP contribution in [0, 0.1) is 13.8 Å². The molecule has 0 spiro atoms. The summed E-state index contributed by atoms with van der Waals surface area (Å²) in [6, 6.07) is 6.07. The summed E-state index contributed by atoms with van der Waals surface area (Å²) in [5, 5.41) is 18.7. The molecule has 0 saturated heterocycles. The second kappa shape index (κ2) is 5.19. The van der Waals surface area contributed by atoms with Gasteiger partial charge in [0.05, 0.1) is 16.4 Å². The van der Waals surface area contributed by atoms with Crippen LogP contribution in [-0.4, -0.2) is 34.6 Å². The summed E-state index contributed by atoms with van der Waals surface area (Å²) in [6.07, 6.45) is 3.16. The van der Waals surface area contributed by atoms with Crippen molar-refractivity contribution < 1.29 is 0 Å². The zero-order valence-electron chi connectivity index (χ0n) is 14.2. The lowest BCUT2D eigenvalue weighted by molar-refractivity contribution is 0.742. The Balaban J connectivity index is 1.48. The lowest BCUT2D eigenvalue weighted by Crippen LogP contribution is -2.00. The fraction of sp³-hybridized carbons (Fsp3) is 0.353. The fourth-order valence-electron chi connectivity index (χ4n) is 3.33. The Morgan fingerprint density at radius 1 is 1.12 bits per heavy atom. The van der Waals surface area contributed by atoms with Crippen molar-refractivity contribution in [2.45, 2.75) is 32.1 Å². The summed E-state index contributed by atoms with van der Waals surface area (Å²) < 4.78 is 3.68. The number of aryl methyl sites for hydroxylation is 3. The van der Waals surface area contributed by atoms with Crippen LogP contribution in [0.3, 0.4) is 0 Å². The van der Waals surface area contributed by atoms with Crippen LogP contribution in [0.2, 0.25) is 0 Å². The molecule has 7 nitrogen and oxygen atoms in total. The van der Waals surface area contributed by atoms with Crippen molar-refractivity contribution in [3.8, 4) is 11.4 Å². The van der Waals surface area contributed by atoms with E-state index in [9.17, 15) is 0 Å². The molecule has 1 saturated carbocycles. The molecule has 1 aliphatic rings. The van der Waals surface area contributed by atoms with Crippen LogP contribution >= 0.6 is 11.3 Å². The highest BCUT2D eigenvalue weighted by Crippen LogP contribution is 2.55. The van der Waals surface area contributed by atoms with Gasteiger partial charge in [0, 0.05) is 30.0 Å².